The van der Waals surface area contributed by atoms with Crippen LogP contribution < -0.4 is 62.2 Å². The van der Waals surface area contributed by atoms with Crippen LogP contribution in [-0.4, -0.2) is 20.0 Å². The van der Waals surface area contributed by atoms with Gasteiger partial charge in [-0.2, -0.15) is 5.10 Å². The van der Waals surface area contributed by atoms with E-state index in [9.17, 15) is 4.79 Å². The fraction of sp³-hybridized carbons (Fsp3) is 0.0714. The number of nitrogens with zero attached hydrogens (tertiary/aromatic N) is 2. The summed E-state index contributed by atoms with van der Waals surface area (Å²) in [6.07, 6.45) is 0. The molecule has 0 saturated carbocycles. The van der Waals surface area contributed by atoms with Crippen LogP contribution >= 0.6 is 23.6 Å². The number of hydrogen-bond acceptors (Lipinski definition) is 5. The number of aromatic nitrogens is 2. The Morgan fingerprint density at radius 3 is 2.65 bits per heavy atom. The molecule has 0 saturated heterocycles. The molecule has 2 N–H and O–H groups in total. The van der Waals surface area contributed by atoms with E-state index in [0.29, 0.717) is 4.88 Å². The maximum Gasteiger partial charge on any atom is 1.00 e. The fourth-order valence-electron chi connectivity index (χ4n) is 2.07. The Labute approximate surface area is 190 Å². The van der Waals surface area contributed by atoms with Crippen molar-refractivity contribution in [3.05, 3.63) is 47.0 Å². The molecule has 5 nitrogen and oxygen atoms in total. The number of hydrazine groups is 1. The third kappa shape index (κ3) is 4.17. The number of aryl methyl sites for hydroxylation is 1. The van der Waals surface area contributed by atoms with Gasteiger partial charge in [0.25, 0.3) is 5.91 Å². The first kappa shape index (κ1) is 18.9. The number of rotatable bonds is 2. The van der Waals surface area contributed by atoms with Crippen LogP contribution in [-0.2, 0) is 12.6 Å². The van der Waals surface area contributed by atoms with Crippen molar-refractivity contribution >= 4 is 56.6 Å². The second-order valence-electron chi connectivity index (χ2n) is 4.53. The molecule has 1 aromatic carbocycles. The minimum Gasteiger partial charge on any atom is -0.410 e. The summed E-state index contributed by atoms with van der Waals surface area (Å²) in [7, 11) is 0. The van der Waals surface area contributed by atoms with E-state index in [1.54, 1.807) is 0 Å². The summed E-state index contributed by atoms with van der Waals surface area (Å²) in [5.74, 6) is -0.271. The largest absolute Gasteiger partial charge is 1.00 e. The van der Waals surface area contributed by atoms with Gasteiger partial charge >= 0.3 is 51.4 Å². The van der Waals surface area contributed by atoms with Gasteiger partial charge in [-0.3, -0.25) is 10.2 Å². The van der Waals surface area contributed by atoms with Crippen molar-refractivity contribution < 1.29 is 56.2 Å². The van der Waals surface area contributed by atoms with Gasteiger partial charge in [0.15, 0.2) is 0 Å². The van der Waals surface area contributed by atoms with Gasteiger partial charge in [-0.25, -0.2) is 4.68 Å². The molecule has 0 bridgehead atoms. The van der Waals surface area contributed by atoms with Gasteiger partial charge in [0.05, 0.1) is 16.3 Å². The molecule has 0 aliphatic heterocycles. The van der Waals surface area contributed by atoms with Crippen LogP contribution in [0, 0.1) is 6.92 Å². The number of para-hydroxylation sites is 1. The first-order valence-electron chi connectivity index (χ1n) is 6.38. The number of nitrogens with one attached hydrogen (secondary N) is 2. The summed E-state index contributed by atoms with van der Waals surface area (Å²) < 4.78 is 1.94. The topological polar surface area (TPSA) is 59.0 Å². The zero-order chi connectivity index (χ0) is 15.7. The first-order chi connectivity index (χ1) is 10.6. The number of benzene rings is 1. The van der Waals surface area contributed by atoms with Crippen molar-refractivity contribution in [1.82, 2.24) is 20.6 Å². The Morgan fingerprint density at radius 2 is 2.00 bits per heavy atom. The van der Waals surface area contributed by atoms with E-state index in [0.717, 1.165) is 21.6 Å². The predicted octanol–water partition coefficient (Wildman–Crippen LogP) is -0.534. The Bertz CT molecular complexity index is 860. The summed E-state index contributed by atoms with van der Waals surface area (Å²) in [5.41, 5.74) is 6.78. The second-order valence-corrected chi connectivity index (χ2v) is 6.63. The van der Waals surface area contributed by atoms with Crippen molar-refractivity contribution in [2.24, 2.45) is 0 Å². The van der Waals surface area contributed by atoms with E-state index in [-0.39, 0.29) is 61.6 Å². The molecule has 0 spiro atoms. The van der Waals surface area contributed by atoms with Crippen LogP contribution in [0.25, 0.3) is 15.9 Å². The van der Waals surface area contributed by atoms with Gasteiger partial charge in [0, 0.05) is 5.39 Å². The summed E-state index contributed by atoms with van der Waals surface area (Å²) in [5, 5.41) is 5.50. The van der Waals surface area contributed by atoms with Crippen molar-refractivity contribution in [2.75, 3.05) is 0 Å². The van der Waals surface area contributed by atoms with Gasteiger partial charge in [0.1, 0.15) is 4.83 Å². The summed E-state index contributed by atoms with van der Waals surface area (Å²) in [6.45, 7) is 1.92. The normalized spacial score (nSPS) is 10.1. The molecule has 112 valence electrons. The average Bonchev–Trinajstić information content (AvgIpc) is 3.07. The number of hydrogen-bond donors (Lipinski definition) is 2. The average molecular weight is 387 g/mol. The predicted molar refractivity (Wildman–Crippen MR) is 94.2 cm³/mol. The van der Waals surface area contributed by atoms with Crippen LogP contribution in [0.2, 0.25) is 0 Å². The molecule has 0 radical (unpaired) electrons. The van der Waals surface area contributed by atoms with Gasteiger partial charge in [-0.05, 0) is 29.4 Å². The molecule has 2 aromatic heterocycles. The van der Waals surface area contributed by atoms with Gasteiger partial charge in [-0.15, -0.1) is 11.3 Å². The van der Waals surface area contributed by atoms with Gasteiger partial charge in [-0.1, -0.05) is 18.2 Å². The van der Waals surface area contributed by atoms with Gasteiger partial charge < -0.3 is 30.3 Å². The van der Waals surface area contributed by atoms with E-state index in [2.05, 4.69) is 16.0 Å². The number of amides is 1. The van der Waals surface area contributed by atoms with E-state index >= 15 is 0 Å². The van der Waals surface area contributed by atoms with Gasteiger partial charge in [0.2, 0.25) is 0 Å². The molecular formula is C14H11KN4OS3. The Hall–Kier alpha value is -0.394. The molecule has 3 aromatic rings. The monoisotopic (exact) mass is 386 g/mol. The summed E-state index contributed by atoms with van der Waals surface area (Å²) >= 11 is 10.8. The minimum absolute atomic E-state index is 0. The smallest absolute Gasteiger partial charge is 0.410 e. The van der Waals surface area contributed by atoms with E-state index in [1.807, 2.05) is 48.0 Å². The minimum atomic E-state index is -0.271. The molecule has 23 heavy (non-hydrogen) atoms. The molecule has 0 fully saturated rings. The zero-order valence-corrected chi connectivity index (χ0v) is 18.1. The van der Waals surface area contributed by atoms with E-state index < -0.39 is 0 Å². The van der Waals surface area contributed by atoms with Crippen molar-refractivity contribution in [3.8, 4) is 5.69 Å². The Balaban J connectivity index is 0.00000192. The molecule has 0 aliphatic rings. The van der Waals surface area contributed by atoms with Crippen molar-refractivity contribution in [3.63, 3.8) is 0 Å². The molecule has 3 rings (SSSR count). The van der Waals surface area contributed by atoms with Crippen LogP contribution in [0.4, 0.5) is 0 Å². The van der Waals surface area contributed by atoms with Crippen molar-refractivity contribution in [2.45, 2.75) is 6.92 Å². The molecule has 0 aliphatic carbocycles. The quantitative estimate of drug-likeness (QED) is 0.268. The molecule has 0 unspecified atom stereocenters. The number of carbonyl (C=O) groups is 1. The van der Waals surface area contributed by atoms with Crippen LogP contribution in [0.5, 0.6) is 0 Å². The number of thiocarbonyl (C=S) groups is 1. The SMILES string of the molecule is Cc1nn(-c2ccccc2)c2sc(C(=O)NNC(=S)[S-])cc12.[K+]. The molecular weight excluding hydrogens is 375 g/mol. The molecule has 1 amide bonds. The number of fused-ring (bicyclic) bond motifs is 1. The summed E-state index contributed by atoms with van der Waals surface area (Å²) in [4.78, 5) is 13.6. The number of carbonyl (C=O) groups excluding carboxylic acids is 1. The Kier molecular flexibility index (Phi) is 6.69. The molecule has 0 atom stereocenters. The maximum absolute atomic E-state index is 12.1. The molecule has 2 heterocycles. The number of thiophene rings is 1. The van der Waals surface area contributed by atoms with Crippen LogP contribution in [0.3, 0.4) is 0 Å². The third-order valence-electron chi connectivity index (χ3n) is 3.05. The third-order valence-corrected chi connectivity index (χ3v) is 4.36. The fourth-order valence-corrected chi connectivity index (χ4v) is 3.25. The second kappa shape index (κ2) is 8.12. The Morgan fingerprint density at radius 1 is 1.30 bits per heavy atom. The summed E-state index contributed by atoms with van der Waals surface area (Å²) in [6, 6.07) is 11.6. The first-order valence-corrected chi connectivity index (χ1v) is 8.01. The van der Waals surface area contributed by atoms with Crippen LogP contribution in [0.15, 0.2) is 36.4 Å². The van der Waals surface area contributed by atoms with Crippen molar-refractivity contribution in [1.29, 1.82) is 0 Å². The maximum atomic E-state index is 12.1. The standard InChI is InChI=1S/C14H12N4OS3.K/c1-8-10-7-11(12(19)15-16-14(20)21)22-13(10)18(17-8)9-5-3-2-4-6-9;/h2-7H,1H3,(H,15,19)(H2,16,20,21);/q;+1/p-1. The van der Waals surface area contributed by atoms with E-state index in [4.69, 9.17) is 24.8 Å². The molecule has 9 heteroatoms. The zero-order valence-electron chi connectivity index (χ0n) is 12.5. The van der Waals surface area contributed by atoms with E-state index in [1.165, 1.54) is 11.3 Å². The van der Waals surface area contributed by atoms with Crippen LogP contribution in [0.1, 0.15) is 15.4 Å².